The molecule has 5 rings (SSSR count). The fourth-order valence-electron chi connectivity index (χ4n) is 5.31. The maximum absolute atomic E-state index is 14.4. The monoisotopic (exact) mass is 509 g/mol. The molecule has 0 N–H and O–H groups in total. The summed E-state index contributed by atoms with van der Waals surface area (Å²) < 4.78 is 14.4. The number of rotatable bonds is 5. The van der Waals surface area contributed by atoms with Crippen LogP contribution in [0.15, 0.2) is 60.8 Å². The molecule has 1 saturated heterocycles. The summed E-state index contributed by atoms with van der Waals surface area (Å²) in [5.41, 5.74) is 3.94. The Morgan fingerprint density at radius 3 is 2.57 bits per heavy atom. The number of carbonyl (C=O) groups is 1. The topological polar surface area (TPSA) is 36.4 Å². The Morgan fingerprint density at radius 2 is 1.86 bits per heavy atom. The molecule has 0 aliphatic carbocycles. The van der Waals surface area contributed by atoms with Crippen molar-refractivity contribution in [3.05, 3.63) is 93.5 Å². The van der Waals surface area contributed by atoms with Crippen LogP contribution in [0, 0.1) is 5.82 Å². The van der Waals surface area contributed by atoms with Gasteiger partial charge in [0, 0.05) is 41.0 Å². The quantitative estimate of drug-likeness (QED) is 0.276. The molecule has 2 aromatic carbocycles. The fourth-order valence-corrected chi connectivity index (χ4v) is 5.70. The zero-order valence-electron chi connectivity index (χ0n) is 19.5. The molecule has 0 radical (unpaired) electrons. The number of piperidine rings is 1. The van der Waals surface area contributed by atoms with E-state index >= 15 is 0 Å². The molecule has 2 aliphatic heterocycles. The van der Waals surface area contributed by atoms with Crippen LogP contribution in [0.3, 0.4) is 0 Å². The van der Waals surface area contributed by atoms with Gasteiger partial charge in [0.2, 0.25) is 0 Å². The van der Waals surface area contributed by atoms with Crippen LogP contribution in [0.25, 0.3) is 6.08 Å². The molecule has 3 heterocycles. The SMILES string of the molecule is CC(=O)c1ccnc(Cl)c1N1CC2(CCN(C/C=C/c3ccc(Cl)cc3)CC2)c2cc(F)ccc21. The van der Waals surface area contributed by atoms with E-state index in [1.807, 2.05) is 24.3 Å². The number of carbonyl (C=O) groups excluding carboxylic acids is 1. The first kappa shape index (κ1) is 24.0. The summed E-state index contributed by atoms with van der Waals surface area (Å²) >= 11 is 12.5. The van der Waals surface area contributed by atoms with Gasteiger partial charge < -0.3 is 4.90 Å². The van der Waals surface area contributed by atoms with Crippen molar-refractivity contribution in [2.24, 2.45) is 0 Å². The Balaban J connectivity index is 1.37. The van der Waals surface area contributed by atoms with Crippen molar-refractivity contribution in [2.75, 3.05) is 31.1 Å². The predicted molar refractivity (Wildman–Crippen MR) is 140 cm³/mol. The first-order valence-electron chi connectivity index (χ1n) is 11.7. The van der Waals surface area contributed by atoms with Crippen LogP contribution >= 0.6 is 23.2 Å². The second kappa shape index (κ2) is 9.73. The van der Waals surface area contributed by atoms with Gasteiger partial charge in [-0.2, -0.15) is 0 Å². The standard InChI is InChI=1S/C28H26Cl2FN3O/c1-19(35)23-10-13-32-27(30)26(23)34-18-28(24-17-22(31)8-9-25(24)34)11-15-33(16-12-28)14-2-3-20-4-6-21(29)7-5-20/h2-10,13,17H,11-12,14-16,18H2,1H3/b3-2+. The summed E-state index contributed by atoms with van der Waals surface area (Å²) in [4.78, 5) is 21.1. The molecular weight excluding hydrogens is 484 g/mol. The van der Waals surface area contributed by atoms with E-state index in [2.05, 4.69) is 26.9 Å². The van der Waals surface area contributed by atoms with Crippen LogP contribution in [0.2, 0.25) is 10.2 Å². The molecule has 0 unspecified atom stereocenters. The highest BCUT2D eigenvalue weighted by Gasteiger charge is 2.46. The minimum Gasteiger partial charge on any atom is -0.337 e. The van der Waals surface area contributed by atoms with Crippen LogP contribution in [-0.4, -0.2) is 41.8 Å². The summed E-state index contributed by atoms with van der Waals surface area (Å²) in [6, 6.07) is 14.4. The summed E-state index contributed by atoms with van der Waals surface area (Å²) in [6.07, 6.45) is 7.61. The number of aromatic nitrogens is 1. The Bertz CT molecular complexity index is 1280. The summed E-state index contributed by atoms with van der Waals surface area (Å²) in [6.45, 7) is 4.82. The van der Waals surface area contributed by atoms with Gasteiger partial charge in [-0.3, -0.25) is 9.69 Å². The van der Waals surface area contributed by atoms with Gasteiger partial charge in [-0.15, -0.1) is 0 Å². The number of Topliss-reactive ketones (excluding diaryl/α,β-unsaturated/α-hetero) is 1. The third-order valence-electron chi connectivity index (χ3n) is 7.17. The zero-order valence-corrected chi connectivity index (χ0v) is 21.0. The minimum absolute atomic E-state index is 0.0730. The predicted octanol–water partition coefficient (Wildman–Crippen LogP) is 6.93. The number of nitrogens with zero attached hydrogens (tertiary/aromatic N) is 3. The smallest absolute Gasteiger partial charge is 0.162 e. The van der Waals surface area contributed by atoms with Crippen LogP contribution in [0.5, 0.6) is 0 Å². The molecule has 0 atom stereocenters. The Labute approximate surface area is 215 Å². The number of fused-ring (bicyclic) bond motifs is 2. The molecule has 0 bridgehead atoms. The molecule has 1 spiro atoms. The second-order valence-corrected chi connectivity index (χ2v) is 10.1. The number of halogens is 3. The summed E-state index contributed by atoms with van der Waals surface area (Å²) in [7, 11) is 0. The Hall–Kier alpha value is -2.73. The molecule has 7 heteroatoms. The highest BCUT2D eigenvalue weighted by Crippen LogP contribution is 2.51. The lowest BCUT2D eigenvalue weighted by Gasteiger charge is -2.39. The van der Waals surface area contributed by atoms with E-state index in [1.54, 1.807) is 24.4 Å². The van der Waals surface area contributed by atoms with Gasteiger partial charge in [0.25, 0.3) is 0 Å². The number of likely N-dealkylation sites (tertiary alicyclic amines) is 1. The van der Waals surface area contributed by atoms with Gasteiger partial charge in [-0.05, 0) is 80.4 Å². The first-order valence-corrected chi connectivity index (χ1v) is 12.5. The van der Waals surface area contributed by atoms with E-state index in [0.717, 1.165) is 54.3 Å². The molecule has 0 amide bonds. The molecule has 3 aromatic rings. The number of pyridine rings is 1. The third-order valence-corrected chi connectivity index (χ3v) is 7.70. The number of hydrogen-bond donors (Lipinski definition) is 0. The average molecular weight is 510 g/mol. The summed E-state index contributed by atoms with van der Waals surface area (Å²) in [5.74, 6) is -0.321. The maximum Gasteiger partial charge on any atom is 0.162 e. The highest BCUT2D eigenvalue weighted by atomic mass is 35.5. The normalized spacial score (nSPS) is 17.3. The van der Waals surface area contributed by atoms with Gasteiger partial charge in [0.05, 0.1) is 5.69 Å². The maximum atomic E-state index is 14.4. The molecular formula is C28H26Cl2FN3O. The van der Waals surface area contributed by atoms with Crippen molar-refractivity contribution in [3.63, 3.8) is 0 Å². The van der Waals surface area contributed by atoms with Crippen molar-refractivity contribution in [1.29, 1.82) is 0 Å². The lowest BCUT2D eigenvalue weighted by atomic mass is 9.74. The van der Waals surface area contributed by atoms with Crippen LogP contribution in [0.4, 0.5) is 15.8 Å². The Kier molecular flexibility index (Phi) is 6.67. The average Bonchev–Trinajstić information content (AvgIpc) is 3.14. The van der Waals surface area contributed by atoms with E-state index in [-0.39, 0.29) is 22.2 Å². The van der Waals surface area contributed by atoms with Crippen molar-refractivity contribution < 1.29 is 9.18 Å². The minimum atomic E-state index is -0.248. The van der Waals surface area contributed by atoms with Crippen molar-refractivity contribution in [2.45, 2.75) is 25.2 Å². The van der Waals surface area contributed by atoms with Crippen LogP contribution in [0.1, 0.15) is 41.3 Å². The first-order chi connectivity index (χ1) is 16.9. The van der Waals surface area contributed by atoms with Gasteiger partial charge >= 0.3 is 0 Å². The van der Waals surface area contributed by atoms with E-state index in [0.29, 0.717) is 17.8 Å². The third kappa shape index (κ3) is 4.73. The van der Waals surface area contributed by atoms with Crippen molar-refractivity contribution in [1.82, 2.24) is 9.88 Å². The van der Waals surface area contributed by atoms with E-state index in [9.17, 15) is 9.18 Å². The fraction of sp³-hybridized carbons (Fsp3) is 0.286. The van der Waals surface area contributed by atoms with Gasteiger partial charge in [-0.1, -0.05) is 47.5 Å². The molecule has 35 heavy (non-hydrogen) atoms. The van der Waals surface area contributed by atoms with E-state index in [1.165, 1.54) is 13.0 Å². The summed E-state index contributed by atoms with van der Waals surface area (Å²) in [5, 5.41) is 1.02. The number of ketones is 1. The van der Waals surface area contributed by atoms with E-state index in [4.69, 9.17) is 23.2 Å². The second-order valence-electron chi connectivity index (χ2n) is 9.34. The zero-order chi connectivity index (χ0) is 24.6. The van der Waals surface area contributed by atoms with Gasteiger partial charge in [0.1, 0.15) is 5.82 Å². The van der Waals surface area contributed by atoms with Crippen molar-refractivity contribution in [3.8, 4) is 0 Å². The highest BCUT2D eigenvalue weighted by molar-refractivity contribution is 6.33. The Morgan fingerprint density at radius 1 is 1.11 bits per heavy atom. The molecule has 0 saturated carbocycles. The van der Waals surface area contributed by atoms with Crippen molar-refractivity contribution >= 4 is 46.4 Å². The van der Waals surface area contributed by atoms with Gasteiger partial charge in [-0.25, -0.2) is 9.37 Å². The van der Waals surface area contributed by atoms with Gasteiger partial charge in [0.15, 0.2) is 10.9 Å². The van der Waals surface area contributed by atoms with E-state index < -0.39 is 0 Å². The largest absolute Gasteiger partial charge is 0.337 e. The van der Waals surface area contributed by atoms with Crippen LogP contribution < -0.4 is 4.90 Å². The lowest BCUT2D eigenvalue weighted by molar-refractivity contribution is 0.101. The molecule has 1 aromatic heterocycles. The number of hydrogen-bond acceptors (Lipinski definition) is 4. The lowest BCUT2D eigenvalue weighted by Crippen LogP contribution is -2.44. The number of anilines is 2. The van der Waals surface area contributed by atoms with Crippen LogP contribution in [-0.2, 0) is 5.41 Å². The molecule has 4 nitrogen and oxygen atoms in total. The molecule has 180 valence electrons. The molecule has 2 aliphatic rings. The molecule has 1 fully saturated rings. The number of benzene rings is 2.